The number of hydrogen-bond donors (Lipinski definition) is 0. The van der Waals surface area contributed by atoms with Gasteiger partial charge in [-0.25, -0.2) is 0 Å². The molecule has 0 radical (unpaired) electrons. The smallest absolute Gasteiger partial charge is 0.241 e. The molecule has 0 bridgehead atoms. The molecule has 1 aromatic rings. The van der Waals surface area contributed by atoms with Gasteiger partial charge in [-0.1, -0.05) is 18.2 Å². The monoisotopic (exact) mass is 357 g/mol. The van der Waals surface area contributed by atoms with Crippen LogP contribution in [-0.2, 0) is 16.0 Å². The van der Waals surface area contributed by atoms with Crippen LogP contribution in [0.2, 0.25) is 0 Å². The maximum absolute atomic E-state index is 13.0. The molecule has 0 saturated carbocycles. The van der Waals surface area contributed by atoms with E-state index in [0.717, 1.165) is 44.8 Å². The molecule has 3 atom stereocenters. The van der Waals surface area contributed by atoms with Crippen molar-refractivity contribution in [2.75, 3.05) is 44.2 Å². The minimum Gasteiger partial charge on any atom is -0.373 e. The second kappa shape index (κ2) is 7.67. The number of nitrogens with zero attached hydrogens (tertiary/aromatic N) is 3. The van der Waals surface area contributed by atoms with Gasteiger partial charge in [0, 0.05) is 37.9 Å². The third-order valence-corrected chi connectivity index (χ3v) is 5.99. The van der Waals surface area contributed by atoms with Gasteiger partial charge in [-0.05, 0) is 51.3 Å². The largest absolute Gasteiger partial charge is 0.373 e. The Morgan fingerprint density at radius 1 is 1.15 bits per heavy atom. The standard InChI is InChI=1S/C21H31N3O2/c1-16-12-22(13-17(2)26-16)14-19-7-5-10-23(19)15-21(25)24-11-9-18-6-3-4-8-20(18)24/h3-4,6,8,16-17,19H,5,7,9-15H2,1-2H3/t16-,17+,19-/m1/s1. The van der Waals surface area contributed by atoms with Gasteiger partial charge in [0.25, 0.3) is 0 Å². The summed E-state index contributed by atoms with van der Waals surface area (Å²) < 4.78 is 5.86. The zero-order valence-corrected chi connectivity index (χ0v) is 16.1. The summed E-state index contributed by atoms with van der Waals surface area (Å²) in [6.45, 7) is 9.80. The summed E-state index contributed by atoms with van der Waals surface area (Å²) in [6.07, 6.45) is 3.98. The van der Waals surface area contributed by atoms with E-state index >= 15 is 0 Å². The Morgan fingerprint density at radius 3 is 2.73 bits per heavy atom. The summed E-state index contributed by atoms with van der Waals surface area (Å²) in [5.74, 6) is 0.255. The number of benzene rings is 1. The van der Waals surface area contributed by atoms with Crippen LogP contribution in [0.1, 0.15) is 32.3 Å². The first-order valence-electron chi connectivity index (χ1n) is 10.1. The van der Waals surface area contributed by atoms with E-state index in [2.05, 4.69) is 41.8 Å². The van der Waals surface area contributed by atoms with Crippen LogP contribution in [-0.4, -0.2) is 73.2 Å². The van der Waals surface area contributed by atoms with Crippen molar-refractivity contribution in [3.05, 3.63) is 29.8 Å². The Morgan fingerprint density at radius 2 is 1.92 bits per heavy atom. The molecule has 26 heavy (non-hydrogen) atoms. The number of fused-ring (bicyclic) bond motifs is 1. The Balaban J connectivity index is 1.36. The fourth-order valence-corrected chi connectivity index (χ4v) is 4.90. The molecular weight excluding hydrogens is 326 g/mol. The lowest BCUT2D eigenvalue weighted by atomic mass is 10.1. The second-order valence-electron chi connectivity index (χ2n) is 8.17. The Bertz CT molecular complexity index is 640. The summed E-state index contributed by atoms with van der Waals surface area (Å²) in [5.41, 5.74) is 2.42. The summed E-state index contributed by atoms with van der Waals surface area (Å²) in [4.78, 5) is 19.9. The molecule has 2 fully saturated rings. The van der Waals surface area contributed by atoms with Gasteiger partial charge in [0.15, 0.2) is 0 Å². The van der Waals surface area contributed by atoms with Gasteiger partial charge in [-0.15, -0.1) is 0 Å². The molecular formula is C21H31N3O2. The van der Waals surface area contributed by atoms with Crippen LogP contribution >= 0.6 is 0 Å². The van der Waals surface area contributed by atoms with E-state index < -0.39 is 0 Å². The van der Waals surface area contributed by atoms with Gasteiger partial charge in [0.05, 0.1) is 18.8 Å². The zero-order chi connectivity index (χ0) is 18.1. The van der Waals surface area contributed by atoms with E-state index in [1.165, 1.54) is 18.4 Å². The zero-order valence-electron chi connectivity index (χ0n) is 16.1. The van der Waals surface area contributed by atoms with Crippen molar-refractivity contribution >= 4 is 11.6 Å². The molecule has 0 unspecified atom stereocenters. The highest BCUT2D eigenvalue weighted by Gasteiger charge is 2.33. The molecule has 3 heterocycles. The van der Waals surface area contributed by atoms with Gasteiger partial charge in [0.2, 0.25) is 5.91 Å². The van der Waals surface area contributed by atoms with Crippen LogP contribution in [0.15, 0.2) is 24.3 Å². The van der Waals surface area contributed by atoms with Crippen LogP contribution < -0.4 is 4.90 Å². The van der Waals surface area contributed by atoms with E-state index in [-0.39, 0.29) is 5.91 Å². The maximum atomic E-state index is 13.0. The summed E-state index contributed by atoms with van der Waals surface area (Å²) in [7, 11) is 0. The molecule has 3 aliphatic rings. The fraction of sp³-hybridized carbons (Fsp3) is 0.667. The van der Waals surface area contributed by atoms with Crippen molar-refractivity contribution < 1.29 is 9.53 Å². The molecule has 2 saturated heterocycles. The highest BCUT2D eigenvalue weighted by molar-refractivity contribution is 5.96. The average Bonchev–Trinajstić information content (AvgIpc) is 3.21. The van der Waals surface area contributed by atoms with Crippen LogP contribution in [0.25, 0.3) is 0 Å². The molecule has 3 aliphatic heterocycles. The van der Waals surface area contributed by atoms with Crippen LogP contribution in [0.3, 0.4) is 0 Å². The molecule has 1 aromatic carbocycles. The molecule has 5 heteroatoms. The molecule has 0 N–H and O–H groups in total. The lowest BCUT2D eigenvalue weighted by molar-refractivity contribution is -0.120. The van der Waals surface area contributed by atoms with Crippen molar-refractivity contribution in [3.8, 4) is 0 Å². The third kappa shape index (κ3) is 3.80. The molecule has 4 rings (SSSR count). The predicted octanol–water partition coefficient (Wildman–Crippen LogP) is 2.15. The number of morpholine rings is 1. The molecule has 5 nitrogen and oxygen atoms in total. The number of amides is 1. The number of rotatable bonds is 4. The quantitative estimate of drug-likeness (QED) is 0.827. The molecule has 1 amide bonds. The van der Waals surface area contributed by atoms with E-state index in [1.54, 1.807) is 0 Å². The molecule has 142 valence electrons. The van der Waals surface area contributed by atoms with Gasteiger partial charge < -0.3 is 9.64 Å². The first-order valence-corrected chi connectivity index (χ1v) is 10.1. The van der Waals surface area contributed by atoms with E-state index in [0.29, 0.717) is 24.8 Å². The first-order chi connectivity index (χ1) is 12.6. The van der Waals surface area contributed by atoms with Crippen molar-refractivity contribution in [1.82, 2.24) is 9.80 Å². The topological polar surface area (TPSA) is 36.0 Å². The fourth-order valence-electron chi connectivity index (χ4n) is 4.90. The molecule has 0 aliphatic carbocycles. The highest BCUT2D eigenvalue weighted by Crippen LogP contribution is 2.28. The number of carbonyl (C=O) groups is 1. The number of likely N-dealkylation sites (tertiary alicyclic amines) is 1. The predicted molar refractivity (Wildman–Crippen MR) is 104 cm³/mol. The van der Waals surface area contributed by atoms with Gasteiger partial charge >= 0.3 is 0 Å². The highest BCUT2D eigenvalue weighted by atomic mass is 16.5. The summed E-state index contributed by atoms with van der Waals surface area (Å²) in [5, 5.41) is 0. The van der Waals surface area contributed by atoms with Crippen molar-refractivity contribution in [2.24, 2.45) is 0 Å². The van der Waals surface area contributed by atoms with Crippen LogP contribution in [0, 0.1) is 0 Å². The van der Waals surface area contributed by atoms with Gasteiger partial charge in [-0.2, -0.15) is 0 Å². The lowest BCUT2D eigenvalue weighted by Crippen LogP contribution is -2.51. The maximum Gasteiger partial charge on any atom is 0.241 e. The summed E-state index contributed by atoms with van der Waals surface area (Å²) >= 11 is 0. The SMILES string of the molecule is C[C@@H]1CN(C[C@H]2CCCN2CC(=O)N2CCc3ccccc32)C[C@H](C)O1. The molecule has 0 aromatic heterocycles. The Kier molecular flexibility index (Phi) is 5.30. The van der Waals surface area contributed by atoms with E-state index in [1.807, 2.05) is 11.0 Å². The van der Waals surface area contributed by atoms with Crippen molar-refractivity contribution in [2.45, 2.75) is 51.4 Å². The lowest BCUT2D eigenvalue weighted by Gasteiger charge is -2.38. The van der Waals surface area contributed by atoms with E-state index in [9.17, 15) is 4.79 Å². The van der Waals surface area contributed by atoms with E-state index in [4.69, 9.17) is 4.74 Å². The van der Waals surface area contributed by atoms with Crippen molar-refractivity contribution in [3.63, 3.8) is 0 Å². The normalized spacial score (nSPS) is 29.9. The Labute approximate surface area is 156 Å². The summed E-state index contributed by atoms with van der Waals surface area (Å²) in [6, 6.07) is 8.81. The minimum absolute atomic E-state index is 0.255. The van der Waals surface area contributed by atoms with Gasteiger partial charge in [-0.3, -0.25) is 14.6 Å². The third-order valence-electron chi connectivity index (χ3n) is 5.99. The number of carbonyl (C=O) groups excluding carboxylic acids is 1. The van der Waals surface area contributed by atoms with Crippen LogP contribution in [0.4, 0.5) is 5.69 Å². The number of para-hydroxylation sites is 1. The van der Waals surface area contributed by atoms with Gasteiger partial charge in [0.1, 0.15) is 0 Å². The number of hydrogen-bond acceptors (Lipinski definition) is 4. The number of anilines is 1. The number of ether oxygens (including phenoxy) is 1. The second-order valence-corrected chi connectivity index (χ2v) is 8.17. The minimum atomic E-state index is 0.255. The molecule has 0 spiro atoms. The average molecular weight is 357 g/mol. The first kappa shape index (κ1) is 18.0. The van der Waals surface area contributed by atoms with Crippen molar-refractivity contribution in [1.29, 1.82) is 0 Å². The van der Waals surface area contributed by atoms with Crippen LogP contribution in [0.5, 0.6) is 0 Å². The Hall–Kier alpha value is -1.43.